The van der Waals surface area contributed by atoms with Gasteiger partial charge < -0.3 is 5.11 Å². The molecule has 0 aromatic carbocycles. The predicted octanol–water partition coefficient (Wildman–Crippen LogP) is 1.42. The number of rotatable bonds is 2. The Bertz CT molecular complexity index is 113. The highest BCUT2D eigenvalue weighted by atomic mass is 35.5. The Hall–Kier alpha value is 0.210. The maximum Gasteiger partial charge on any atom is 0.111 e. The monoisotopic (exact) mass is 177 g/mol. The topological polar surface area (TPSA) is 23.5 Å². The molecule has 66 valence electrons. The summed E-state index contributed by atoms with van der Waals surface area (Å²) in [7, 11) is 0. The summed E-state index contributed by atoms with van der Waals surface area (Å²) in [5.41, 5.74) is -0.185. The molecular weight excluding hydrogens is 162 g/mol. The molecule has 0 bridgehead atoms. The summed E-state index contributed by atoms with van der Waals surface area (Å²) in [6, 6.07) is 0. The van der Waals surface area contributed by atoms with Gasteiger partial charge in [0.25, 0.3) is 0 Å². The van der Waals surface area contributed by atoms with Crippen LogP contribution in [0.15, 0.2) is 0 Å². The molecule has 1 aliphatic heterocycles. The average molecular weight is 178 g/mol. The Labute approximate surface area is 73.1 Å². The first-order valence-corrected chi connectivity index (χ1v) is 4.71. The third-order valence-corrected chi connectivity index (χ3v) is 2.78. The number of likely N-dealkylation sites (tertiary alicyclic amines) is 1. The first-order chi connectivity index (χ1) is 5.22. The Morgan fingerprint density at radius 2 is 1.82 bits per heavy atom. The summed E-state index contributed by atoms with van der Waals surface area (Å²) in [6.45, 7) is 3.82. The molecule has 1 aliphatic rings. The van der Waals surface area contributed by atoms with Crippen LogP contribution in [0.3, 0.4) is 0 Å². The minimum Gasteiger partial charge on any atom is -0.390 e. The first-order valence-electron chi connectivity index (χ1n) is 4.28. The van der Waals surface area contributed by atoms with Gasteiger partial charge in [-0.2, -0.15) is 0 Å². The fourth-order valence-electron chi connectivity index (χ4n) is 1.47. The molecule has 3 heteroatoms. The largest absolute Gasteiger partial charge is 0.390 e. The summed E-state index contributed by atoms with van der Waals surface area (Å²) >= 11 is 5.97. The molecule has 2 atom stereocenters. The van der Waals surface area contributed by atoms with Gasteiger partial charge >= 0.3 is 0 Å². The number of alkyl halides is 1. The van der Waals surface area contributed by atoms with E-state index in [0.29, 0.717) is 0 Å². The van der Waals surface area contributed by atoms with E-state index in [-0.39, 0.29) is 5.50 Å². The SMILES string of the molecule is CC(O)C(Cl)N1CCCCC1. The lowest BCUT2D eigenvalue weighted by molar-refractivity contribution is 0.0913. The fraction of sp³-hybridized carbons (Fsp3) is 1.00. The van der Waals surface area contributed by atoms with Crippen LogP contribution in [0, 0.1) is 0 Å². The molecule has 1 heterocycles. The third-order valence-electron chi connectivity index (χ3n) is 2.14. The molecule has 1 rings (SSSR count). The third kappa shape index (κ3) is 2.62. The molecule has 0 aromatic rings. The molecule has 1 fully saturated rings. The van der Waals surface area contributed by atoms with Gasteiger partial charge in [-0.15, -0.1) is 11.6 Å². The maximum atomic E-state index is 9.20. The maximum absolute atomic E-state index is 9.20. The lowest BCUT2D eigenvalue weighted by Gasteiger charge is -2.32. The molecule has 1 N–H and O–H groups in total. The molecule has 2 nitrogen and oxygen atoms in total. The molecule has 0 amide bonds. The van der Waals surface area contributed by atoms with Crippen molar-refractivity contribution in [1.29, 1.82) is 0 Å². The second-order valence-corrected chi connectivity index (χ2v) is 3.66. The van der Waals surface area contributed by atoms with Gasteiger partial charge in [0.15, 0.2) is 0 Å². The number of hydrogen-bond acceptors (Lipinski definition) is 2. The fourth-order valence-corrected chi connectivity index (χ4v) is 1.67. The van der Waals surface area contributed by atoms with Crippen molar-refractivity contribution in [2.24, 2.45) is 0 Å². The van der Waals surface area contributed by atoms with Crippen LogP contribution in [0.1, 0.15) is 26.2 Å². The highest BCUT2D eigenvalue weighted by molar-refractivity contribution is 6.20. The number of hydrogen-bond donors (Lipinski definition) is 1. The van der Waals surface area contributed by atoms with Crippen molar-refractivity contribution in [3.8, 4) is 0 Å². The van der Waals surface area contributed by atoms with Crippen molar-refractivity contribution < 1.29 is 5.11 Å². The van der Waals surface area contributed by atoms with Crippen molar-refractivity contribution in [3.63, 3.8) is 0 Å². The zero-order valence-corrected chi connectivity index (χ0v) is 7.72. The van der Waals surface area contributed by atoms with E-state index in [0.717, 1.165) is 13.1 Å². The Morgan fingerprint density at radius 1 is 1.27 bits per heavy atom. The van der Waals surface area contributed by atoms with E-state index >= 15 is 0 Å². The van der Waals surface area contributed by atoms with Crippen molar-refractivity contribution in [2.45, 2.75) is 37.8 Å². The predicted molar refractivity (Wildman–Crippen MR) is 46.7 cm³/mol. The Balaban J connectivity index is 2.32. The zero-order valence-electron chi connectivity index (χ0n) is 6.96. The average Bonchev–Trinajstić information content (AvgIpc) is 2.05. The Morgan fingerprint density at radius 3 is 2.27 bits per heavy atom. The molecule has 1 saturated heterocycles. The molecule has 11 heavy (non-hydrogen) atoms. The van der Waals surface area contributed by atoms with E-state index in [1.54, 1.807) is 6.92 Å². The van der Waals surface area contributed by atoms with Crippen molar-refractivity contribution >= 4 is 11.6 Å². The molecule has 0 aliphatic carbocycles. The smallest absolute Gasteiger partial charge is 0.111 e. The Kier molecular flexibility index (Phi) is 3.63. The molecule has 0 saturated carbocycles. The minimum atomic E-state index is -0.422. The van der Waals surface area contributed by atoms with Crippen molar-refractivity contribution in [3.05, 3.63) is 0 Å². The summed E-state index contributed by atoms with van der Waals surface area (Å²) in [4.78, 5) is 2.15. The lowest BCUT2D eigenvalue weighted by Crippen LogP contribution is -2.41. The highest BCUT2D eigenvalue weighted by Gasteiger charge is 2.21. The van der Waals surface area contributed by atoms with Crippen LogP contribution in [-0.4, -0.2) is 34.7 Å². The van der Waals surface area contributed by atoms with Gasteiger partial charge in [0.1, 0.15) is 5.50 Å². The normalized spacial score (nSPS) is 26.5. The van der Waals surface area contributed by atoms with Crippen LogP contribution in [0.2, 0.25) is 0 Å². The van der Waals surface area contributed by atoms with Gasteiger partial charge in [0, 0.05) is 0 Å². The number of halogens is 1. The number of aliphatic hydroxyl groups excluding tert-OH is 1. The van der Waals surface area contributed by atoms with E-state index < -0.39 is 6.10 Å². The summed E-state index contributed by atoms with van der Waals surface area (Å²) in [5, 5.41) is 9.20. The van der Waals surface area contributed by atoms with Gasteiger partial charge in [0.05, 0.1) is 6.10 Å². The first kappa shape index (κ1) is 9.30. The molecule has 0 aromatic heterocycles. The minimum absolute atomic E-state index is 0.185. The van der Waals surface area contributed by atoms with E-state index in [4.69, 9.17) is 11.6 Å². The van der Waals surface area contributed by atoms with Gasteiger partial charge in [0.2, 0.25) is 0 Å². The number of piperidine rings is 1. The molecule has 0 radical (unpaired) electrons. The number of aliphatic hydroxyl groups is 1. The molecule has 0 spiro atoms. The summed E-state index contributed by atoms with van der Waals surface area (Å²) in [6.07, 6.45) is 3.32. The highest BCUT2D eigenvalue weighted by Crippen LogP contribution is 2.16. The van der Waals surface area contributed by atoms with Gasteiger partial charge in [-0.3, -0.25) is 4.90 Å². The van der Waals surface area contributed by atoms with Gasteiger partial charge in [-0.05, 0) is 32.9 Å². The quantitative estimate of drug-likeness (QED) is 0.510. The van der Waals surface area contributed by atoms with Crippen LogP contribution in [0.4, 0.5) is 0 Å². The van der Waals surface area contributed by atoms with Crippen LogP contribution >= 0.6 is 11.6 Å². The lowest BCUT2D eigenvalue weighted by atomic mass is 10.1. The molecule has 2 unspecified atom stereocenters. The van der Waals surface area contributed by atoms with Crippen LogP contribution in [-0.2, 0) is 0 Å². The van der Waals surface area contributed by atoms with Crippen LogP contribution < -0.4 is 0 Å². The van der Waals surface area contributed by atoms with Gasteiger partial charge in [-0.1, -0.05) is 6.42 Å². The summed E-state index contributed by atoms with van der Waals surface area (Å²) in [5.74, 6) is 0. The second-order valence-electron chi connectivity index (χ2n) is 3.21. The van der Waals surface area contributed by atoms with Crippen LogP contribution in [0.25, 0.3) is 0 Å². The van der Waals surface area contributed by atoms with E-state index in [1.807, 2.05) is 0 Å². The van der Waals surface area contributed by atoms with E-state index in [2.05, 4.69) is 4.90 Å². The molecular formula is C8H16ClNO. The number of nitrogens with zero attached hydrogens (tertiary/aromatic N) is 1. The van der Waals surface area contributed by atoms with Crippen LogP contribution in [0.5, 0.6) is 0 Å². The van der Waals surface area contributed by atoms with E-state index in [1.165, 1.54) is 19.3 Å². The van der Waals surface area contributed by atoms with Crippen molar-refractivity contribution in [2.75, 3.05) is 13.1 Å². The second kappa shape index (κ2) is 4.29. The van der Waals surface area contributed by atoms with E-state index in [9.17, 15) is 5.11 Å². The van der Waals surface area contributed by atoms with Crippen molar-refractivity contribution in [1.82, 2.24) is 4.90 Å². The van der Waals surface area contributed by atoms with Gasteiger partial charge in [-0.25, -0.2) is 0 Å². The summed E-state index contributed by atoms with van der Waals surface area (Å²) < 4.78 is 0. The standard InChI is InChI=1S/C8H16ClNO/c1-7(11)8(9)10-5-3-2-4-6-10/h7-8,11H,2-6H2,1H3. The zero-order chi connectivity index (χ0) is 8.27.